The quantitative estimate of drug-likeness (QED) is 0.0999. The average Bonchev–Trinajstić information content (AvgIpc) is 3.26. The summed E-state index contributed by atoms with van der Waals surface area (Å²) in [5.41, 5.74) is 10.3. The lowest BCUT2D eigenvalue weighted by Gasteiger charge is -2.23. The number of nitro groups is 1. The van der Waals surface area contributed by atoms with E-state index in [4.69, 9.17) is 11.1 Å². The largest absolute Gasteiger partial charge is 0.384 e. The number of aromatic nitrogens is 1. The van der Waals surface area contributed by atoms with Crippen LogP contribution in [0.5, 0.6) is 0 Å². The molecule has 9 nitrogen and oxygen atoms in total. The van der Waals surface area contributed by atoms with Crippen LogP contribution in [-0.4, -0.2) is 42.4 Å². The van der Waals surface area contributed by atoms with Gasteiger partial charge >= 0.3 is 0 Å². The Morgan fingerprint density at radius 1 is 1.00 bits per heavy atom. The number of nitrogens with two attached hydrogens (primary N) is 1. The number of fused-ring (bicyclic) bond motifs is 1. The van der Waals surface area contributed by atoms with E-state index in [9.17, 15) is 14.9 Å². The number of amides is 1. The summed E-state index contributed by atoms with van der Waals surface area (Å²) in [5.74, 6) is -0.327. The number of quaternary nitrogens is 1. The van der Waals surface area contributed by atoms with Crippen LogP contribution in [0.15, 0.2) is 72.8 Å². The summed E-state index contributed by atoms with van der Waals surface area (Å²) in [4.78, 5) is 24.1. The zero-order valence-corrected chi connectivity index (χ0v) is 22.5. The summed E-state index contributed by atoms with van der Waals surface area (Å²) in [5, 5.41) is 22.6. The van der Waals surface area contributed by atoms with Crippen molar-refractivity contribution >= 4 is 34.0 Å². The molecule has 0 radical (unpaired) electrons. The molecule has 0 spiro atoms. The molecule has 4 N–H and O–H groups in total. The number of carbonyl (C=O) groups is 1. The summed E-state index contributed by atoms with van der Waals surface area (Å²) >= 11 is 0. The van der Waals surface area contributed by atoms with Gasteiger partial charge in [0.05, 0.1) is 26.1 Å². The Morgan fingerprint density at radius 3 is 2.29 bits per heavy atom. The lowest BCUT2D eigenvalue weighted by molar-refractivity contribution is -0.384. The third-order valence-corrected chi connectivity index (χ3v) is 6.07. The molecule has 0 aliphatic rings. The molecule has 0 fully saturated rings. The highest BCUT2D eigenvalue weighted by molar-refractivity contribution is 5.99. The van der Waals surface area contributed by atoms with E-state index >= 15 is 0 Å². The van der Waals surface area contributed by atoms with Gasteiger partial charge in [0.25, 0.3) is 11.6 Å². The topological polar surface area (TPSA) is 127 Å². The lowest BCUT2D eigenvalue weighted by atomic mass is 10.1. The van der Waals surface area contributed by atoms with Gasteiger partial charge < -0.3 is 15.6 Å². The summed E-state index contributed by atoms with van der Waals surface area (Å²) in [7, 11) is 6.27. The predicted octanol–water partition coefficient (Wildman–Crippen LogP) is 5.03. The maximum atomic E-state index is 13.3. The minimum absolute atomic E-state index is 0.0393. The first kappa shape index (κ1) is 28.1. The Bertz CT molecular complexity index is 1470. The number of hydrogen-bond acceptors (Lipinski definition) is 4. The van der Waals surface area contributed by atoms with Crippen molar-refractivity contribution in [3.8, 4) is 0 Å². The molecule has 0 bridgehead atoms. The second kappa shape index (κ2) is 11.7. The summed E-state index contributed by atoms with van der Waals surface area (Å²) in [6.45, 7) is 4.68. The van der Waals surface area contributed by atoms with Crippen LogP contribution in [-0.2, 0) is 13.1 Å². The normalized spacial score (nSPS) is 11.0. The molecule has 0 aliphatic carbocycles. The molecule has 198 valence electrons. The Balaban J connectivity index is 0.00000195. The van der Waals surface area contributed by atoms with E-state index in [0.29, 0.717) is 39.7 Å². The molecule has 9 heteroatoms. The van der Waals surface area contributed by atoms with E-state index in [-0.39, 0.29) is 17.4 Å². The fraction of sp³-hybridized carbons (Fsp3) is 0.241. The summed E-state index contributed by atoms with van der Waals surface area (Å²) < 4.78 is 2.53. The van der Waals surface area contributed by atoms with Gasteiger partial charge in [-0.05, 0) is 41.5 Å². The lowest BCUT2D eigenvalue weighted by Crippen LogP contribution is -2.34. The monoisotopic (exact) mass is 515 g/mol. The standard InChI is InChI=1S/C27H28N6O3.C2H6/c1-33(2,3)23-10-7-18(8-11-23)16-30-27(34)25-15-21-14-22(32(35)36)9-12-24(21)31(25)17-19-5-4-6-20(13-19)26(28)29;1-2/h4-15H,16-17H2,1-3H3,(H3-,28,29,30,34);1-2H3/p+1. The number of amidine groups is 1. The van der Waals surface area contributed by atoms with E-state index in [0.717, 1.165) is 16.8 Å². The number of nitro benzene ring substituents is 1. The molecule has 0 aliphatic heterocycles. The zero-order chi connectivity index (χ0) is 28.0. The van der Waals surface area contributed by atoms with Gasteiger partial charge in [-0.15, -0.1) is 0 Å². The van der Waals surface area contributed by atoms with Crippen molar-refractivity contribution in [1.82, 2.24) is 14.4 Å². The van der Waals surface area contributed by atoms with Crippen molar-refractivity contribution in [3.63, 3.8) is 0 Å². The minimum Gasteiger partial charge on any atom is -0.384 e. The molecule has 4 rings (SSSR count). The first-order chi connectivity index (χ1) is 18.0. The van der Waals surface area contributed by atoms with E-state index in [1.165, 1.54) is 12.1 Å². The SMILES string of the molecule is CC.C[N+](C)(C)c1ccc(CNC(=O)c2cc3cc([N+](=O)[O-])ccc3n2Cc2cccc(C(=N)N)c2)cc1. The molecule has 1 heterocycles. The van der Waals surface area contributed by atoms with Crippen molar-refractivity contribution in [2.75, 3.05) is 21.1 Å². The molecular formula is C29H35N6O3+. The molecule has 0 unspecified atom stereocenters. The Kier molecular flexibility index (Phi) is 8.64. The van der Waals surface area contributed by atoms with Gasteiger partial charge in [0.15, 0.2) is 0 Å². The first-order valence-electron chi connectivity index (χ1n) is 12.4. The Morgan fingerprint density at radius 2 is 1.68 bits per heavy atom. The molecule has 4 aromatic rings. The van der Waals surface area contributed by atoms with Crippen LogP contribution < -0.4 is 15.5 Å². The minimum atomic E-state index is -0.452. The molecule has 3 aromatic carbocycles. The zero-order valence-electron chi connectivity index (χ0n) is 22.5. The van der Waals surface area contributed by atoms with Gasteiger partial charge in [-0.2, -0.15) is 0 Å². The number of carbonyl (C=O) groups excluding carboxylic acids is 1. The molecule has 1 amide bonds. The van der Waals surface area contributed by atoms with Crippen molar-refractivity contribution in [2.24, 2.45) is 5.73 Å². The highest BCUT2D eigenvalue weighted by Crippen LogP contribution is 2.26. The highest BCUT2D eigenvalue weighted by atomic mass is 16.6. The number of nitrogens with zero attached hydrogens (tertiary/aromatic N) is 3. The van der Waals surface area contributed by atoms with Crippen LogP contribution >= 0.6 is 0 Å². The van der Waals surface area contributed by atoms with Crippen molar-refractivity contribution in [3.05, 3.63) is 105 Å². The van der Waals surface area contributed by atoms with Gasteiger partial charge in [0.2, 0.25) is 0 Å². The molecule has 38 heavy (non-hydrogen) atoms. The van der Waals surface area contributed by atoms with Crippen LogP contribution in [0.3, 0.4) is 0 Å². The van der Waals surface area contributed by atoms with Crippen molar-refractivity contribution < 1.29 is 9.72 Å². The smallest absolute Gasteiger partial charge is 0.270 e. The maximum Gasteiger partial charge on any atom is 0.270 e. The fourth-order valence-electron chi connectivity index (χ4n) is 4.08. The Hall–Kier alpha value is -4.50. The average molecular weight is 516 g/mol. The molecule has 0 saturated heterocycles. The maximum absolute atomic E-state index is 13.3. The Labute approximate surface area is 222 Å². The van der Waals surface area contributed by atoms with Crippen LogP contribution in [0.1, 0.15) is 41.0 Å². The van der Waals surface area contributed by atoms with E-state index < -0.39 is 4.92 Å². The van der Waals surface area contributed by atoms with Crippen LogP contribution in [0.2, 0.25) is 0 Å². The number of nitrogens with one attached hydrogen (secondary N) is 2. The summed E-state index contributed by atoms with van der Waals surface area (Å²) in [6.07, 6.45) is 0. The van der Waals surface area contributed by atoms with Gasteiger partial charge in [-0.25, -0.2) is 0 Å². The number of hydrogen-bond donors (Lipinski definition) is 3. The summed E-state index contributed by atoms with van der Waals surface area (Å²) in [6, 6.07) is 21.5. The second-order valence-corrected chi connectivity index (χ2v) is 9.59. The van der Waals surface area contributed by atoms with Crippen LogP contribution in [0.25, 0.3) is 10.9 Å². The predicted molar refractivity (Wildman–Crippen MR) is 154 cm³/mol. The number of benzene rings is 3. The van der Waals surface area contributed by atoms with Gasteiger partial charge in [0, 0.05) is 41.7 Å². The first-order valence-corrected chi connectivity index (χ1v) is 12.4. The number of rotatable bonds is 8. The third-order valence-electron chi connectivity index (χ3n) is 6.07. The number of nitrogen functional groups attached to an aromatic ring is 1. The molecule has 0 atom stereocenters. The van der Waals surface area contributed by atoms with Crippen LogP contribution in [0.4, 0.5) is 11.4 Å². The van der Waals surface area contributed by atoms with Gasteiger partial charge in [-0.1, -0.05) is 44.2 Å². The number of non-ortho nitro benzene ring substituents is 1. The van der Waals surface area contributed by atoms with Crippen LogP contribution in [0, 0.1) is 15.5 Å². The van der Waals surface area contributed by atoms with Crippen molar-refractivity contribution in [1.29, 1.82) is 5.41 Å². The van der Waals surface area contributed by atoms with E-state index in [2.05, 4.69) is 26.5 Å². The molecular weight excluding hydrogens is 480 g/mol. The molecule has 1 aromatic heterocycles. The highest BCUT2D eigenvalue weighted by Gasteiger charge is 2.19. The second-order valence-electron chi connectivity index (χ2n) is 9.59. The van der Waals surface area contributed by atoms with Gasteiger partial charge in [0.1, 0.15) is 17.2 Å². The molecule has 0 saturated carbocycles. The fourth-order valence-corrected chi connectivity index (χ4v) is 4.08. The van der Waals surface area contributed by atoms with Crippen molar-refractivity contribution in [2.45, 2.75) is 26.9 Å². The van der Waals surface area contributed by atoms with E-state index in [1.54, 1.807) is 24.3 Å². The van der Waals surface area contributed by atoms with E-state index in [1.807, 2.05) is 54.8 Å². The van der Waals surface area contributed by atoms with Gasteiger partial charge in [-0.3, -0.25) is 24.8 Å². The third kappa shape index (κ3) is 6.43.